The summed E-state index contributed by atoms with van der Waals surface area (Å²) < 4.78 is 21.3. The largest absolute Gasteiger partial charge is 0.466 e. The van der Waals surface area contributed by atoms with Crippen LogP contribution in [0.25, 0.3) is 22.6 Å². The van der Waals surface area contributed by atoms with Gasteiger partial charge < -0.3 is 23.5 Å². The molecule has 0 saturated carbocycles. The fraction of sp³-hybridized carbons (Fsp3) is 0.320. The van der Waals surface area contributed by atoms with Crippen LogP contribution in [0.15, 0.2) is 58.2 Å². The molecule has 0 spiro atoms. The molecule has 0 N–H and O–H groups in total. The van der Waals surface area contributed by atoms with E-state index in [1.165, 1.54) is 19.8 Å². The molecule has 8 nitrogen and oxygen atoms in total. The molecule has 0 atom stereocenters. The topological polar surface area (TPSA) is 91.1 Å². The first-order valence-electron chi connectivity index (χ1n) is 10.5. The monoisotopic (exact) mass is 450 g/mol. The zero-order chi connectivity index (χ0) is 23.8. The number of aromatic nitrogens is 1. The summed E-state index contributed by atoms with van der Waals surface area (Å²) >= 11 is 0. The first kappa shape index (κ1) is 22.5. The third-order valence-electron chi connectivity index (χ3n) is 5.51. The minimum atomic E-state index is -0.656. The van der Waals surface area contributed by atoms with Gasteiger partial charge in [0.2, 0.25) is 5.89 Å². The molecule has 1 aliphatic heterocycles. The van der Waals surface area contributed by atoms with Crippen molar-refractivity contribution in [1.29, 1.82) is 0 Å². The van der Waals surface area contributed by atoms with Gasteiger partial charge >= 0.3 is 11.9 Å². The Morgan fingerprint density at radius 1 is 1.00 bits per heavy atom. The van der Waals surface area contributed by atoms with Crippen molar-refractivity contribution in [3.63, 3.8) is 0 Å². The average molecular weight is 450 g/mol. The van der Waals surface area contributed by atoms with Gasteiger partial charge in [-0.2, -0.15) is 0 Å². The van der Waals surface area contributed by atoms with Crippen molar-refractivity contribution in [2.24, 2.45) is 0 Å². The van der Waals surface area contributed by atoms with E-state index >= 15 is 0 Å². The second-order valence-corrected chi connectivity index (χ2v) is 8.71. The minimum Gasteiger partial charge on any atom is -0.466 e. The molecule has 3 aromatic rings. The van der Waals surface area contributed by atoms with E-state index in [-0.39, 0.29) is 30.0 Å². The van der Waals surface area contributed by atoms with Crippen LogP contribution in [0.2, 0.25) is 0 Å². The van der Waals surface area contributed by atoms with E-state index < -0.39 is 11.9 Å². The predicted molar refractivity (Wildman–Crippen MR) is 123 cm³/mol. The molecule has 0 unspecified atom stereocenters. The van der Waals surface area contributed by atoms with Crippen molar-refractivity contribution in [2.75, 3.05) is 32.5 Å². The highest BCUT2D eigenvalue weighted by atomic mass is 16.5. The number of benzene rings is 2. The lowest BCUT2D eigenvalue weighted by Crippen LogP contribution is -2.38. The van der Waals surface area contributed by atoms with Gasteiger partial charge in [-0.05, 0) is 35.2 Å². The summed E-state index contributed by atoms with van der Waals surface area (Å²) in [6.45, 7) is 6.50. The number of oxazole rings is 1. The lowest BCUT2D eigenvalue weighted by molar-refractivity contribution is -0.140. The van der Waals surface area contributed by atoms with Gasteiger partial charge in [0, 0.05) is 17.3 Å². The van der Waals surface area contributed by atoms with E-state index in [2.05, 4.69) is 37.9 Å². The molecule has 0 amide bonds. The van der Waals surface area contributed by atoms with Crippen molar-refractivity contribution in [3.8, 4) is 11.5 Å². The molecule has 172 valence electrons. The van der Waals surface area contributed by atoms with Gasteiger partial charge in [0.25, 0.3) is 0 Å². The Balaban J connectivity index is 1.72. The molecule has 1 aromatic heterocycles. The average Bonchev–Trinajstić information content (AvgIpc) is 3.25. The lowest BCUT2D eigenvalue weighted by atomic mass is 9.87. The number of carbonyl (C=O) groups is 2. The fourth-order valence-corrected chi connectivity index (χ4v) is 3.66. The maximum atomic E-state index is 12.5. The third-order valence-corrected chi connectivity index (χ3v) is 5.51. The second kappa shape index (κ2) is 8.71. The standard InChI is InChI=1S/C25H26N2O6/c1-25(2,3)16-8-6-15(7-9-16)22-26-19-11-10-17(12-20(19)33-22)27-14-32-13-18(23(28)30-4)21(27)24(29)31-5/h6-12H,13-14H2,1-5H3. The highest BCUT2D eigenvalue weighted by Crippen LogP contribution is 2.32. The SMILES string of the molecule is COC(=O)C1=C(C(=O)OC)N(c2ccc3nc(-c4ccc(C(C)(C)C)cc4)oc3c2)COC1. The normalized spacial score (nSPS) is 14.5. The highest BCUT2D eigenvalue weighted by molar-refractivity contribution is 6.03. The van der Waals surface area contributed by atoms with E-state index in [1.54, 1.807) is 23.1 Å². The van der Waals surface area contributed by atoms with Gasteiger partial charge in [-0.3, -0.25) is 0 Å². The summed E-state index contributed by atoms with van der Waals surface area (Å²) in [7, 11) is 2.51. The van der Waals surface area contributed by atoms with Crippen LogP contribution in [0.1, 0.15) is 26.3 Å². The number of esters is 2. The number of rotatable bonds is 4. The molecule has 0 saturated heterocycles. The van der Waals surface area contributed by atoms with Crippen LogP contribution in [0.4, 0.5) is 5.69 Å². The number of nitrogens with zero attached hydrogens (tertiary/aromatic N) is 2. The summed E-state index contributed by atoms with van der Waals surface area (Å²) in [6.07, 6.45) is 0. The Morgan fingerprint density at radius 3 is 2.33 bits per heavy atom. The third kappa shape index (κ3) is 4.34. The minimum absolute atomic E-state index is 0.0487. The molecular weight excluding hydrogens is 424 g/mol. The highest BCUT2D eigenvalue weighted by Gasteiger charge is 2.32. The van der Waals surface area contributed by atoms with E-state index in [4.69, 9.17) is 18.6 Å². The Hall–Kier alpha value is -3.65. The Morgan fingerprint density at radius 2 is 1.70 bits per heavy atom. The first-order chi connectivity index (χ1) is 15.7. The molecule has 0 fully saturated rings. The van der Waals surface area contributed by atoms with E-state index in [1.807, 2.05) is 12.1 Å². The maximum absolute atomic E-state index is 12.5. The number of carbonyl (C=O) groups excluding carboxylic acids is 2. The fourth-order valence-electron chi connectivity index (χ4n) is 3.66. The molecule has 4 rings (SSSR count). The molecular formula is C25H26N2O6. The summed E-state index contributed by atoms with van der Waals surface area (Å²) in [5, 5.41) is 0. The lowest BCUT2D eigenvalue weighted by Gasteiger charge is -2.31. The number of fused-ring (bicyclic) bond motifs is 1. The summed E-state index contributed by atoms with van der Waals surface area (Å²) in [4.78, 5) is 30.9. The van der Waals surface area contributed by atoms with Crippen molar-refractivity contribution >= 4 is 28.7 Å². The number of anilines is 1. The summed E-state index contributed by atoms with van der Waals surface area (Å²) in [5.74, 6) is -0.811. The van der Waals surface area contributed by atoms with Crippen molar-refractivity contribution in [2.45, 2.75) is 26.2 Å². The predicted octanol–water partition coefficient (Wildman–Crippen LogP) is 4.19. The van der Waals surface area contributed by atoms with Crippen LogP contribution in [0.5, 0.6) is 0 Å². The zero-order valence-corrected chi connectivity index (χ0v) is 19.3. The van der Waals surface area contributed by atoms with Crippen LogP contribution < -0.4 is 4.90 Å². The van der Waals surface area contributed by atoms with E-state index in [9.17, 15) is 9.59 Å². The number of hydrogen-bond donors (Lipinski definition) is 0. The summed E-state index contributed by atoms with van der Waals surface area (Å²) in [5.41, 5.74) is 4.11. The maximum Gasteiger partial charge on any atom is 0.355 e. The van der Waals surface area contributed by atoms with Gasteiger partial charge in [-0.1, -0.05) is 32.9 Å². The molecule has 33 heavy (non-hydrogen) atoms. The Bertz CT molecular complexity index is 1230. The van der Waals surface area contributed by atoms with Crippen LogP contribution in [-0.4, -0.2) is 44.5 Å². The number of hydrogen-bond acceptors (Lipinski definition) is 8. The second-order valence-electron chi connectivity index (χ2n) is 8.71. The van der Waals surface area contributed by atoms with Gasteiger partial charge in [-0.15, -0.1) is 0 Å². The summed E-state index contributed by atoms with van der Waals surface area (Å²) in [6, 6.07) is 13.5. The van der Waals surface area contributed by atoms with Gasteiger partial charge in [0.1, 0.15) is 17.9 Å². The van der Waals surface area contributed by atoms with E-state index in [0.29, 0.717) is 22.7 Å². The Kier molecular flexibility index (Phi) is 5.95. The number of ether oxygens (including phenoxy) is 3. The molecule has 2 aromatic carbocycles. The molecule has 0 radical (unpaired) electrons. The Labute approximate surface area is 191 Å². The zero-order valence-electron chi connectivity index (χ0n) is 19.3. The molecule has 1 aliphatic rings. The van der Waals surface area contributed by atoms with Crippen LogP contribution in [0, 0.1) is 0 Å². The smallest absolute Gasteiger partial charge is 0.355 e. The van der Waals surface area contributed by atoms with E-state index in [0.717, 1.165) is 5.56 Å². The molecule has 0 aliphatic carbocycles. The van der Waals surface area contributed by atoms with Gasteiger partial charge in [0.15, 0.2) is 5.58 Å². The quantitative estimate of drug-likeness (QED) is 0.547. The number of methoxy groups -OCH3 is 2. The van der Waals surface area contributed by atoms with Gasteiger partial charge in [-0.25, -0.2) is 14.6 Å². The molecule has 2 heterocycles. The van der Waals surface area contributed by atoms with Crippen molar-refractivity contribution < 1.29 is 28.2 Å². The first-order valence-corrected chi connectivity index (χ1v) is 10.5. The van der Waals surface area contributed by atoms with Crippen LogP contribution in [-0.2, 0) is 29.2 Å². The van der Waals surface area contributed by atoms with Gasteiger partial charge in [0.05, 0.1) is 26.4 Å². The molecule has 0 bridgehead atoms. The van der Waals surface area contributed by atoms with Crippen LogP contribution in [0.3, 0.4) is 0 Å². The molecule has 8 heteroatoms. The van der Waals surface area contributed by atoms with Crippen molar-refractivity contribution in [1.82, 2.24) is 4.98 Å². The van der Waals surface area contributed by atoms with Crippen LogP contribution >= 0.6 is 0 Å². The van der Waals surface area contributed by atoms with Crippen molar-refractivity contribution in [3.05, 3.63) is 59.3 Å².